The number of carbonyl (C=O) groups is 1. The van der Waals surface area contributed by atoms with Crippen LogP contribution in [0.2, 0.25) is 0 Å². The summed E-state index contributed by atoms with van der Waals surface area (Å²) in [5.41, 5.74) is 3.58. The van der Waals surface area contributed by atoms with E-state index in [1.54, 1.807) is 0 Å². The standard InChI is InChI=1S/C26H30O3/c1-18(2)28-24-14-7-5-10-20(24)16-22-12-9-13-23(26(22)27)17-21-11-6-8-15-25(21)29-19(3)4/h5-8,10-11,14-19H,9,12-13H2,1-4H3/b22-16-,23-17-. The lowest BCUT2D eigenvalue weighted by atomic mass is 9.86. The van der Waals surface area contributed by atoms with Crippen molar-refractivity contribution >= 4 is 17.9 Å². The molecule has 2 aromatic carbocycles. The summed E-state index contributed by atoms with van der Waals surface area (Å²) >= 11 is 0. The number of hydrogen-bond donors (Lipinski definition) is 0. The van der Waals surface area contributed by atoms with Gasteiger partial charge in [0.2, 0.25) is 0 Å². The van der Waals surface area contributed by atoms with Crippen molar-refractivity contribution in [1.82, 2.24) is 0 Å². The molecule has 0 heterocycles. The quantitative estimate of drug-likeness (QED) is 0.530. The highest BCUT2D eigenvalue weighted by Gasteiger charge is 2.21. The van der Waals surface area contributed by atoms with Crippen molar-refractivity contribution < 1.29 is 14.3 Å². The van der Waals surface area contributed by atoms with E-state index in [2.05, 4.69) is 0 Å². The van der Waals surface area contributed by atoms with Gasteiger partial charge in [0.15, 0.2) is 5.78 Å². The van der Waals surface area contributed by atoms with E-state index >= 15 is 0 Å². The molecule has 0 saturated heterocycles. The molecule has 1 saturated carbocycles. The molecule has 3 heteroatoms. The predicted molar refractivity (Wildman–Crippen MR) is 119 cm³/mol. The first kappa shape index (κ1) is 20.9. The fraction of sp³-hybridized carbons (Fsp3) is 0.346. The van der Waals surface area contributed by atoms with Gasteiger partial charge in [-0.1, -0.05) is 36.4 Å². The first-order valence-corrected chi connectivity index (χ1v) is 10.4. The van der Waals surface area contributed by atoms with Crippen molar-refractivity contribution in [3.8, 4) is 11.5 Å². The maximum atomic E-state index is 13.2. The van der Waals surface area contributed by atoms with Crippen molar-refractivity contribution in [2.45, 2.75) is 59.2 Å². The lowest BCUT2D eigenvalue weighted by Crippen LogP contribution is -2.13. The smallest absolute Gasteiger partial charge is 0.185 e. The first-order valence-electron chi connectivity index (χ1n) is 10.4. The number of allylic oxidation sites excluding steroid dienone is 2. The Morgan fingerprint density at radius 1 is 0.724 bits per heavy atom. The van der Waals surface area contributed by atoms with Crippen molar-refractivity contribution in [2.24, 2.45) is 0 Å². The molecule has 0 aromatic heterocycles. The summed E-state index contributed by atoms with van der Waals surface area (Å²) in [6, 6.07) is 15.8. The molecule has 0 atom stereocenters. The van der Waals surface area contributed by atoms with Gasteiger partial charge in [-0.25, -0.2) is 0 Å². The van der Waals surface area contributed by atoms with Crippen LogP contribution in [0.5, 0.6) is 11.5 Å². The van der Waals surface area contributed by atoms with E-state index in [0.29, 0.717) is 0 Å². The van der Waals surface area contributed by atoms with Gasteiger partial charge in [-0.3, -0.25) is 4.79 Å². The van der Waals surface area contributed by atoms with Crippen LogP contribution >= 0.6 is 0 Å². The average molecular weight is 391 g/mol. The van der Waals surface area contributed by atoms with Crippen LogP contribution in [0.25, 0.3) is 12.2 Å². The molecule has 3 nitrogen and oxygen atoms in total. The van der Waals surface area contributed by atoms with Crippen LogP contribution in [0.4, 0.5) is 0 Å². The number of para-hydroxylation sites is 2. The maximum Gasteiger partial charge on any atom is 0.185 e. The second kappa shape index (κ2) is 9.60. The van der Waals surface area contributed by atoms with E-state index in [4.69, 9.17) is 9.47 Å². The topological polar surface area (TPSA) is 35.5 Å². The third-order valence-electron chi connectivity index (χ3n) is 4.70. The van der Waals surface area contributed by atoms with Crippen molar-refractivity contribution in [3.05, 3.63) is 70.8 Å². The zero-order chi connectivity index (χ0) is 20.8. The Balaban J connectivity index is 1.90. The third kappa shape index (κ3) is 5.60. The zero-order valence-electron chi connectivity index (χ0n) is 17.8. The Kier molecular flexibility index (Phi) is 6.92. The van der Waals surface area contributed by atoms with Crippen LogP contribution in [0.15, 0.2) is 59.7 Å². The minimum Gasteiger partial charge on any atom is -0.490 e. The predicted octanol–water partition coefficient (Wildman–Crippen LogP) is 6.48. The molecule has 152 valence electrons. The zero-order valence-corrected chi connectivity index (χ0v) is 17.8. The fourth-order valence-corrected chi connectivity index (χ4v) is 3.48. The third-order valence-corrected chi connectivity index (χ3v) is 4.70. The molecule has 0 aliphatic heterocycles. The lowest BCUT2D eigenvalue weighted by Gasteiger charge is -2.19. The fourth-order valence-electron chi connectivity index (χ4n) is 3.48. The van der Waals surface area contributed by atoms with Crippen LogP contribution in [-0.4, -0.2) is 18.0 Å². The van der Waals surface area contributed by atoms with Gasteiger partial charge in [-0.05, 0) is 71.2 Å². The van der Waals surface area contributed by atoms with E-state index in [-0.39, 0.29) is 18.0 Å². The summed E-state index contributed by atoms with van der Waals surface area (Å²) < 4.78 is 11.8. The SMILES string of the molecule is CC(C)Oc1ccccc1/C=C1/CCC/C(=C/c2ccccc2OC(C)C)C1=O. The van der Waals surface area contributed by atoms with E-state index < -0.39 is 0 Å². The molecule has 3 rings (SSSR count). The average Bonchev–Trinajstić information content (AvgIpc) is 2.67. The van der Waals surface area contributed by atoms with E-state index in [9.17, 15) is 4.79 Å². The summed E-state index contributed by atoms with van der Waals surface area (Å²) in [5, 5.41) is 0. The Labute approximate surface area is 174 Å². The number of ketones is 1. The Morgan fingerprint density at radius 3 is 1.55 bits per heavy atom. The molecule has 0 spiro atoms. The normalized spacial score (nSPS) is 17.4. The summed E-state index contributed by atoms with van der Waals surface area (Å²) in [7, 11) is 0. The number of ether oxygens (including phenoxy) is 2. The summed E-state index contributed by atoms with van der Waals surface area (Å²) in [5.74, 6) is 1.75. The molecule has 0 bridgehead atoms. The van der Waals surface area contributed by atoms with Gasteiger partial charge in [-0.15, -0.1) is 0 Å². The monoisotopic (exact) mass is 390 g/mol. The van der Waals surface area contributed by atoms with Crippen LogP contribution in [0.1, 0.15) is 58.1 Å². The van der Waals surface area contributed by atoms with Crippen LogP contribution in [-0.2, 0) is 4.79 Å². The Hall–Kier alpha value is -2.81. The number of rotatable bonds is 6. The molecule has 1 aliphatic carbocycles. The molecule has 0 radical (unpaired) electrons. The molecule has 2 aromatic rings. The summed E-state index contributed by atoms with van der Waals surface area (Å²) in [6.07, 6.45) is 6.69. The molecule has 1 aliphatic rings. The van der Waals surface area contributed by atoms with Gasteiger partial charge in [-0.2, -0.15) is 0 Å². The highest BCUT2D eigenvalue weighted by atomic mass is 16.5. The van der Waals surface area contributed by atoms with Crippen LogP contribution in [0.3, 0.4) is 0 Å². The van der Waals surface area contributed by atoms with Gasteiger partial charge in [0.05, 0.1) is 12.2 Å². The van der Waals surface area contributed by atoms with Gasteiger partial charge in [0.25, 0.3) is 0 Å². The minimum absolute atomic E-state index is 0.0875. The molecule has 0 N–H and O–H groups in total. The molecule has 0 amide bonds. The van der Waals surface area contributed by atoms with Crippen LogP contribution in [0, 0.1) is 0 Å². The largest absolute Gasteiger partial charge is 0.490 e. The van der Waals surface area contributed by atoms with Crippen molar-refractivity contribution in [1.29, 1.82) is 0 Å². The molecular weight excluding hydrogens is 360 g/mol. The number of Topliss-reactive ketones (excluding diaryl/α,β-unsaturated/α-hetero) is 1. The Morgan fingerprint density at radius 2 is 1.14 bits per heavy atom. The van der Waals surface area contributed by atoms with Crippen molar-refractivity contribution in [3.63, 3.8) is 0 Å². The highest BCUT2D eigenvalue weighted by Crippen LogP contribution is 2.32. The summed E-state index contributed by atoms with van der Waals surface area (Å²) in [4.78, 5) is 13.2. The molecular formula is C26H30O3. The lowest BCUT2D eigenvalue weighted by molar-refractivity contribution is -0.112. The van der Waals surface area contributed by atoms with Crippen molar-refractivity contribution in [2.75, 3.05) is 0 Å². The van der Waals surface area contributed by atoms with Gasteiger partial charge in [0, 0.05) is 22.3 Å². The Bertz CT molecular complexity index is 846. The maximum absolute atomic E-state index is 13.2. The number of carbonyl (C=O) groups excluding carboxylic acids is 1. The van der Waals surface area contributed by atoms with E-state index in [1.165, 1.54) is 0 Å². The van der Waals surface area contributed by atoms with Crippen LogP contribution < -0.4 is 9.47 Å². The second-order valence-corrected chi connectivity index (χ2v) is 7.93. The summed E-state index contributed by atoms with van der Waals surface area (Å²) in [6.45, 7) is 8.03. The molecule has 29 heavy (non-hydrogen) atoms. The second-order valence-electron chi connectivity index (χ2n) is 7.93. The highest BCUT2D eigenvalue weighted by molar-refractivity contribution is 6.14. The first-order chi connectivity index (χ1) is 13.9. The minimum atomic E-state index is 0.0875. The number of benzene rings is 2. The van der Waals surface area contributed by atoms with E-state index in [0.717, 1.165) is 53.0 Å². The molecule has 0 unspecified atom stereocenters. The van der Waals surface area contributed by atoms with Gasteiger partial charge >= 0.3 is 0 Å². The molecule has 1 fully saturated rings. The number of hydrogen-bond acceptors (Lipinski definition) is 3. The van der Waals surface area contributed by atoms with Gasteiger partial charge in [0.1, 0.15) is 11.5 Å². The van der Waals surface area contributed by atoms with E-state index in [1.807, 2.05) is 88.4 Å². The van der Waals surface area contributed by atoms with Gasteiger partial charge < -0.3 is 9.47 Å².